The maximum Gasteiger partial charge on any atom is 0.253 e. The Balaban J connectivity index is 1.40. The SMILES string of the molecule is O=C(c1ccc(F)cc1)N1CCN(Cc2cccc3cccnc23)CC1. The molecule has 0 saturated carbocycles. The summed E-state index contributed by atoms with van der Waals surface area (Å²) in [5.41, 5.74) is 2.79. The summed E-state index contributed by atoms with van der Waals surface area (Å²) in [5.74, 6) is -0.355. The highest BCUT2D eigenvalue weighted by molar-refractivity contribution is 5.94. The summed E-state index contributed by atoms with van der Waals surface area (Å²) in [5, 5.41) is 1.15. The predicted molar refractivity (Wildman–Crippen MR) is 99.3 cm³/mol. The van der Waals surface area contributed by atoms with Gasteiger partial charge in [-0.1, -0.05) is 24.3 Å². The van der Waals surface area contributed by atoms with E-state index in [1.54, 1.807) is 12.1 Å². The van der Waals surface area contributed by atoms with Gasteiger partial charge >= 0.3 is 0 Å². The summed E-state index contributed by atoms with van der Waals surface area (Å²) in [7, 11) is 0. The smallest absolute Gasteiger partial charge is 0.253 e. The Morgan fingerprint density at radius 3 is 2.46 bits per heavy atom. The summed E-state index contributed by atoms with van der Waals surface area (Å²) < 4.78 is 13.0. The first-order valence-electron chi connectivity index (χ1n) is 8.80. The molecule has 1 saturated heterocycles. The predicted octanol–water partition coefficient (Wildman–Crippen LogP) is 3.33. The summed E-state index contributed by atoms with van der Waals surface area (Å²) in [6.45, 7) is 3.81. The lowest BCUT2D eigenvalue weighted by Gasteiger charge is -2.35. The molecule has 1 amide bonds. The topological polar surface area (TPSA) is 36.4 Å². The van der Waals surface area contributed by atoms with Gasteiger partial charge < -0.3 is 4.90 Å². The fraction of sp³-hybridized carbons (Fsp3) is 0.238. The molecule has 0 atom stereocenters. The molecule has 1 fully saturated rings. The zero-order chi connectivity index (χ0) is 17.9. The normalized spacial score (nSPS) is 15.3. The molecule has 1 aromatic heterocycles. The second kappa shape index (κ2) is 7.22. The van der Waals surface area contributed by atoms with E-state index in [4.69, 9.17) is 0 Å². The first-order chi connectivity index (χ1) is 12.7. The van der Waals surface area contributed by atoms with Crippen molar-refractivity contribution in [3.8, 4) is 0 Å². The molecule has 26 heavy (non-hydrogen) atoms. The first kappa shape index (κ1) is 16.7. The van der Waals surface area contributed by atoms with Crippen LogP contribution in [0.4, 0.5) is 4.39 Å². The number of hydrogen-bond acceptors (Lipinski definition) is 3. The van der Waals surface area contributed by atoms with Crippen LogP contribution in [0.2, 0.25) is 0 Å². The standard InChI is InChI=1S/C21H20FN3O/c22-19-8-6-17(7-9-19)21(26)25-13-11-24(12-14-25)15-18-4-1-3-16-5-2-10-23-20(16)18/h1-10H,11-15H2. The number of pyridine rings is 1. The number of nitrogens with zero attached hydrogens (tertiary/aromatic N) is 3. The van der Waals surface area contributed by atoms with E-state index in [0.717, 1.165) is 30.5 Å². The molecule has 3 aromatic rings. The Morgan fingerprint density at radius 1 is 0.962 bits per heavy atom. The van der Waals surface area contributed by atoms with Crippen LogP contribution in [0.25, 0.3) is 10.9 Å². The maximum atomic E-state index is 13.0. The fourth-order valence-electron chi connectivity index (χ4n) is 3.42. The Bertz CT molecular complexity index is 913. The van der Waals surface area contributed by atoms with Gasteiger partial charge in [0.05, 0.1) is 5.52 Å². The van der Waals surface area contributed by atoms with E-state index in [1.165, 1.54) is 17.7 Å². The minimum atomic E-state index is -0.324. The van der Waals surface area contributed by atoms with Crippen molar-refractivity contribution in [3.63, 3.8) is 0 Å². The Kier molecular flexibility index (Phi) is 4.63. The van der Waals surface area contributed by atoms with E-state index in [0.29, 0.717) is 18.7 Å². The molecule has 2 aromatic carbocycles. The minimum Gasteiger partial charge on any atom is -0.336 e. The molecule has 0 unspecified atom stereocenters. The largest absolute Gasteiger partial charge is 0.336 e. The minimum absolute atomic E-state index is 0.0310. The van der Waals surface area contributed by atoms with E-state index in [1.807, 2.05) is 17.2 Å². The molecule has 1 aliphatic rings. The van der Waals surface area contributed by atoms with Gasteiger partial charge in [-0.2, -0.15) is 0 Å². The van der Waals surface area contributed by atoms with Crippen molar-refractivity contribution in [2.45, 2.75) is 6.54 Å². The molecule has 0 radical (unpaired) electrons. The Hall–Kier alpha value is -2.79. The molecule has 0 aliphatic carbocycles. The molecule has 132 valence electrons. The maximum absolute atomic E-state index is 13.0. The summed E-state index contributed by atoms with van der Waals surface area (Å²) >= 11 is 0. The molecular weight excluding hydrogens is 329 g/mol. The van der Waals surface area contributed by atoms with Crippen molar-refractivity contribution in [1.82, 2.24) is 14.8 Å². The summed E-state index contributed by atoms with van der Waals surface area (Å²) in [4.78, 5) is 21.2. The van der Waals surface area contributed by atoms with Crippen LogP contribution in [-0.4, -0.2) is 46.9 Å². The number of fused-ring (bicyclic) bond motifs is 1. The third kappa shape index (κ3) is 3.44. The summed E-state index contributed by atoms with van der Waals surface area (Å²) in [6, 6.07) is 16.0. The van der Waals surface area contributed by atoms with Crippen LogP contribution >= 0.6 is 0 Å². The van der Waals surface area contributed by atoms with Gasteiger partial charge in [-0.15, -0.1) is 0 Å². The highest BCUT2D eigenvalue weighted by Crippen LogP contribution is 2.19. The van der Waals surface area contributed by atoms with E-state index in [-0.39, 0.29) is 11.7 Å². The highest BCUT2D eigenvalue weighted by Gasteiger charge is 2.22. The third-order valence-corrected chi connectivity index (χ3v) is 4.86. The van der Waals surface area contributed by atoms with Gasteiger partial charge in [-0.3, -0.25) is 14.7 Å². The van der Waals surface area contributed by atoms with Gasteiger partial charge in [0, 0.05) is 49.9 Å². The second-order valence-corrected chi connectivity index (χ2v) is 6.57. The van der Waals surface area contributed by atoms with Gasteiger partial charge in [0.25, 0.3) is 5.91 Å². The monoisotopic (exact) mass is 349 g/mol. The van der Waals surface area contributed by atoms with Crippen LogP contribution in [0, 0.1) is 5.82 Å². The van der Waals surface area contributed by atoms with Crippen LogP contribution in [0.1, 0.15) is 15.9 Å². The van der Waals surface area contributed by atoms with Crippen LogP contribution in [0.15, 0.2) is 60.8 Å². The molecule has 0 bridgehead atoms. The van der Waals surface area contributed by atoms with E-state index in [2.05, 4.69) is 34.1 Å². The summed E-state index contributed by atoms with van der Waals surface area (Å²) in [6.07, 6.45) is 1.82. The van der Waals surface area contributed by atoms with E-state index < -0.39 is 0 Å². The van der Waals surface area contributed by atoms with Crippen molar-refractivity contribution in [2.24, 2.45) is 0 Å². The zero-order valence-electron chi connectivity index (χ0n) is 14.4. The Labute approximate surface area is 151 Å². The number of rotatable bonds is 3. The van der Waals surface area contributed by atoms with E-state index in [9.17, 15) is 9.18 Å². The van der Waals surface area contributed by atoms with Crippen molar-refractivity contribution in [3.05, 3.63) is 77.7 Å². The number of para-hydroxylation sites is 1. The lowest BCUT2D eigenvalue weighted by molar-refractivity contribution is 0.0629. The van der Waals surface area contributed by atoms with Crippen LogP contribution in [-0.2, 0) is 6.54 Å². The second-order valence-electron chi connectivity index (χ2n) is 6.57. The average Bonchev–Trinajstić information content (AvgIpc) is 2.69. The van der Waals surface area contributed by atoms with Crippen molar-refractivity contribution in [1.29, 1.82) is 0 Å². The number of carbonyl (C=O) groups excluding carboxylic acids is 1. The quantitative estimate of drug-likeness (QED) is 0.728. The van der Waals surface area contributed by atoms with E-state index >= 15 is 0 Å². The molecule has 4 nitrogen and oxygen atoms in total. The first-order valence-corrected chi connectivity index (χ1v) is 8.80. The highest BCUT2D eigenvalue weighted by atomic mass is 19.1. The number of aromatic nitrogens is 1. The lowest BCUT2D eigenvalue weighted by Crippen LogP contribution is -2.48. The number of hydrogen-bond donors (Lipinski definition) is 0. The van der Waals surface area contributed by atoms with Crippen molar-refractivity contribution < 1.29 is 9.18 Å². The molecule has 4 rings (SSSR count). The van der Waals surface area contributed by atoms with Gasteiger partial charge in [-0.05, 0) is 35.9 Å². The van der Waals surface area contributed by atoms with Gasteiger partial charge in [0.15, 0.2) is 0 Å². The van der Waals surface area contributed by atoms with Crippen LogP contribution in [0.5, 0.6) is 0 Å². The number of piperazine rings is 1. The molecule has 1 aliphatic heterocycles. The average molecular weight is 349 g/mol. The molecule has 0 N–H and O–H groups in total. The zero-order valence-corrected chi connectivity index (χ0v) is 14.4. The fourth-order valence-corrected chi connectivity index (χ4v) is 3.42. The third-order valence-electron chi connectivity index (χ3n) is 4.86. The van der Waals surface area contributed by atoms with Gasteiger partial charge in [0.1, 0.15) is 5.82 Å². The van der Waals surface area contributed by atoms with Crippen molar-refractivity contribution in [2.75, 3.05) is 26.2 Å². The number of amides is 1. The van der Waals surface area contributed by atoms with Gasteiger partial charge in [-0.25, -0.2) is 4.39 Å². The van der Waals surface area contributed by atoms with Crippen LogP contribution in [0.3, 0.4) is 0 Å². The molecule has 0 spiro atoms. The molecular formula is C21H20FN3O. The lowest BCUT2D eigenvalue weighted by atomic mass is 10.1. The van der Waals surface area contributed by atoms with Gasteiger partial charge in [0.2, 0.25) is 0 Å². The van der Waals surface area contributed by atoms with Crippen molar-refractivity contribution >= 4 is 16.8 Å². The number of carbonyl (C=O) groups is 1. The number of benzene rings is 2. The van der Waals surface area contributed by atoms with Crippen LogP contribution < -0.4 is 0 Å². The molecule has 5 heteroatoms. The Morgan fingerprint density at radius 2 is 1.69 bits per heavy atom. The molecule has 2 heterocycles. The number of halogens is 1.